The summed E-state index contributed by atoms with van der Waals surface area (Å²) in [5.74, 6) is 0. The van der Waals surface area contributed by atoms with Gasteiger partial charge in [-0.3, -0.25) is 0 Å². The Labute approximate surface area is 111 Å². The standard InChI is InChI=1S/C15H25N3/c1-17-10-8-14(9-11-17)18(2)12-15(16)13-6-4-3-5-7-13/h3-7,14-15H,8-12,16H2,1-2H3/t15-/m1/s1. The molecule has 1 atom stereocenters. The summed E-state index contributed by atoms with van der Waals surface area (Å²) in [6.45, 7) is 3.35. The Bertz CT molecular complexity index is 344. The SMILES string of the molecule is CN1CCC(N(C)C[C@@H](N)c2ccccc2)CC1. The van der Waals surface area contributed by atoms with Crippen molar-refractivity contribution in [2.24, 2.45) is 5.73 Å². The largest absolute Gasteiger partial charge is 0.323 e. The molecule has 1 saturated heterocycles. The molecule has 2 N–H and O–H groups in total. The molecule has 100 valence electrons. The Morgan fingerprint density at radius 1 is 1.28 bits per heavy atom. The monoisotopic (exact) mass is 247 g/mol. The quantitative estimate of drug-likeness (QED) is 0.879. The van der Waals surface area contributed by atoms with Gasteiger partial charge in [0.2, 0.25) is 0 Å². The van der Waals surface area contributed by atoms with Gasteiger partial charge in [0.25, 0.3) is 0 Å². The summed E-state index contributed by atoms with van der Waals surface area (Å²) in [7, 11) is 4.41. The summed E-state index contributed by atoms with van der Waals surface area (Å²) >= 11 is 0. The van der Waals surface area contributed by atoms with Crippen LogP contribution in [-0.4, -0.2) is 49.6 Å². The van der Waals surface area contributed by atoms with Gasteiger partial charge in [0.15, 0.2) is 0 Å². The number of likely N-dealkylation sites (tertiary alicyclic amines) is 1. The van der Waals surface area contributed by atoms with E-state index in [1.807, 2.05) is 6.07 Å². The first-order chi connectivity index (χ1) is 8.66. The minimum absolute atomic E-state index is 0.121. The lowest BCUT2D eigenvalue weighted by Crippen LogP contribution is -2.44. The minimum atomic E-state index is 0.121. The molecule has 3 nitrogen and oxygen atoms in total. The fourth-order valence-electron chi connectivity index (χ4n) is 2.70. The maximum Gasteiger partial charge on any atom is 0.0424 e. The van der Waals surface area contributed by atoms with Crippen molar-refractivity contribution in [2.75, 3.05) is 33.7 Å². The van der Waals surface area contributed by atoms with Gasteiger partial charge < -0.3 is 15.5 Å². The van der Waals surface area contributed by atoms with E-state index in [0.717, 1.165) is 6.54 Å². The third-order valence-corrected chi connectivity index (χ3v) is 4.02. The molecule has 0 bridgehead atoms. The second-order valence-electron chi connectivity index (χ2n) is 5.49. The first kappa shape index (κ1) is 13.5. The van der Waals surface area contributed by atoms with Crippen LogP contribution >= 0.6 is 0 Å². The van der Waals surface area contributed by atoms with Crippen molar-refractivity contribution in [3.8, 4) is 0 Å². The van der Waals surface area contributed by atoms with E-state index in [4.69, 9.17) is 5.73 Å². The molecule has 0 saturated carbocycles. The summed E-state index contributed by atoms with van der Waals surface area (Å²) in [5.41, 5.74) is 7.51. The molecule has 1 aliphatic rings. The average Bonchev–Trinajstić information content (AvgIpc) is 2.40. The van der Waals surface area contributed by atoms with E-state index in [0.29, 0.717) is 6.04 Å². The summed E-state index contributed by atoms with van der Waals surface area (Å²) in [6, 6.07) is 11.2. The van der Waals surface area contributed by atoms with Gasteiger partial charge in [-0.2, -0.15) is 0 Å². The van der Waals surface area contributed by atoms with Gasteiger partial charge in [-0.05, 0) is 45.6 Å². The number of benzene rings is 1. The van der Waals surface area contributed by atoms with Crippen molar-refractivity contribution in [1.29, 1.82) is 0 Å². The lowest BCUT2D eigenvalue weighted by molar-refractivity contribution is 0.139. The molecule has 1 aliphatic heterocycles. The van der Waals surface area contributed by atoms with Gasteiger partial charge in [-0.25, -0.2) is 0 Å². The number of hydrogen-bond acceptors (Lipinski definition) is 3. The number of nitrogens with two attached hydrogens (primary N) is 1. The van der Waals surface area contributed by atoms with E-state index in [9.17, 15) is 0 Å². The van der Waals surface area contributed by atoms with Gasteiger partial charge in [0.1, 0.15) is 0 Å². The van der Waals surface area contributed by atoms with E-state index in [-0.39, 0.29) is 6.04 Å². The highest BCUT2D eigenvalue weighted by Gasteiger charge is 2.21. The summed E-state index contributed by atoms with van der Waals surface area (Å²) in [4.78, 5) is 4.84. The maximum atomic E-state index is 6.28. The van der Waals surface area contributed by atoms with Crippen LogP contribution in [0.25, 0.3) is 0 Å². The highest BCUT2D eigenvalue weighted by molar-refractivity contribution is 5.18. The molecule has 2 rings (SSSR count). The molecule has 1 aromatic rings. The number of likely N-dealkylation sites (N-methyl/N-ethyl adjacent to an activating group) is 1. The molecule has 1 aromatic carbocycles. The fraction of sp³-hybridized carbons (Fsp3) is 0.600. The molecular formula is C15H25N3. The summed E-state index contributed by atoms with van der Waals surface area (Å²) < 4.78 is 0. The molecule has 0 amide bonds. The third-order valence-electron chi connectivity index (χ3n) is 4.02. The average molecular weight is 247 g/mol. The van der Waals surface area contributed by atoms with Crippen LogP contribution in [0.15, 0.2) is 30.3 Å². The zero-order valence-electron chi connectivity index (χ0n) is 11.5. The Morgan fingerprint density at radius 3 is 2.50 bits per heavy atom. The first-order valence-electron chi connectivity index (χ1n) is 6.86. The molecule has 0 spiro atoms. The third kappa shape index (κ3) is 3.55. The minimum Gasteiger partial charge on any atom is -0.323 e. The predicted molar refractivity (Wildman–Crippen MR) is 76.5 cm³/mol. The molecule has 3 heteroatoms. The molecule has 18 heavy (non-hydrogen) atoms. The number of hydrogen-bond donors (Lipinski definition) is 1. The molecule has 0 radical (unpaired) electrons. The lowest BCUT2D eigenvalue weighted by atomic mass is 10.0. The smallest absolute Gasteiger partial charge is 0.0424 e. The Morgan fingerprint density at radius 2 is 1.89 bits per heavy atom. The normalized spacial score (nSPS) is 20.2. The van der Waals surface area contributed by atoms with Crippen molar-refractivity contribution in [3.63, 3.8) is 0 Å². The number of nitrogens with zero attached hydrogens (tertiary/aromatic N) is 2. The highest BCUT2D eigenvalue weighted by atomic mass is 15.2. The molecular weight excluding hydrogens is 222 g/mol. The van der Waals surface area contributed by atoms with E-state index in [1.165, 1.54) is 31.5 Å². The van der Waals surface area contributed by atoms with Crippen LogP contribution in [0.4, 0.5) is 0 Å². The Balaban J connectivity index is 1.85. The summed E-state index contributed by atoms with van der Waals surface area (Å²) in [5, 5.41) is 0. The van der Waals surface area contributed by atoms with Crippen molar-refractivity contribution < 1.29 is 0 Å². The van der Waals surface area contributed by atoms with E-state index in [1.54, 1.807) is 0 Å². The van der Waals surface area contributed by atoms with Crippen LogP contribution in [0.5, 0.6) is 0 Å². The van der Waals surface area contributed by atoms with Crippen molar-refractivity contribution >= 4 is 0 Å². The van der Waals surface area contributed by atoms with Gasteiger partial charge in [0, 0.05) is 18.6 Å². The topological polar surface area (TPSA) is 32.5 Å². The molecule has 1 fully saturated rings. The van der Waals surface area contributed by atoms with Crippen LogP contribution in [0, 0.1) is 0 Å². The zero-order valence-corrected chi connectivity index (χ0v) is 11.5. The van der Waals surface area contributed by atoms with Gasteiger partial charge in [-0.1, -0.05) is 30.3 Å². The molecule has 0 unspecified atom stereocenters. The van der Waals surface area contributed by atoms with Crippen molar-refractivity contribution in [2.45, 2.75) is 24.9 Å². The predicted octanol–water partition coefficient (Wildman–Crippen LogP) is 1.71. The molecule has 0 aliphatic carbocycles. The van der Waals surface area contributed by atoms with Crippen LogP contribution < -0.4 is 5.73 Å². The van der Waals surface area contributed by atoms with Gasteiger partial charge in [-0.15, -0.1) is 0 Å². The fourth-order valence-corrected chi connectivity index (χ4v) is 2.70. The van der Waals surface area contributed by atoms with E-state index in [2.05, 4.69) is 48.2 Å². The van der Waals surface area contributed by atoms with Gasteiger partial charge >= 0.3 is 0 Å². The van der Waals surface area contributed by atoms with Crippen LogP contribution in [0.1, 0.15) is 24.4 Å². The van der Waals surface area contributed by atoms with Gasteiger partial charge in [0.05, 0.1) is 0 Å². The second kappa shape index (κ2) is 6.32. The van der Waals surface area contributed by atoms with Crippen LogP contribution in [-0.2, 0) is 0 Å². The summed E-state index contributed by atoms with van der Waals surface area (Å²) in [6.07, 6.45) is 2.52. The van der Waals surface area contributed by atoms with Crippen LogP contribution in [0.2, 0.25) is 0 Å². The first-order valence-corrected chi connectivity index (χ1v) is 6.86. The Hall–Kier alpha value is -0.900. The van der Waals surface area contributed by atoms with Crippen LogP contribution in [0.3, 0.4) is 0 Å². The zero-order chi connectivity index (χ0) is 13.0. The lowest BCUT2D eigenvalue weighted by Gasteiger charge is -2.36. The number of piperidine rings is 1. The van der Waals surface area contributed by atoms with E-state index >= 15 is 0 Å². The van der Waals surface area contributed by atoms with E-state index < -0.39 is 0 Å². The second-order valence-corrected chi connectivity index (χ2v) is 5.49. The van der Waals surface area contributed by atoms with Crippen molar-refractivity contribution in [1.82, 2.24) is 9.80 Å². The maximum absolute atomic E-state index is 6.28. The highest BCUT2D eigenvalue weighted by Crippen LogP contribution is 2.17. The molecule has 1 heterocycles. The number of rotatable bonds is 4. The Kier molecular flexibility index (Phi) is 4.75. The van der Waals surface area contributed by atoms with Crippen molar-refractivity contribution in [3.05, 3.63) is 35.9 Å². The molecule has 0 aromatic heterocycles.